The quantitative estimate of drug-likeness (QED) is 0.501. The minimum absolute atomic E-state index is 0.722. The third-order valence-electron chi connectivity index (χ3n) is 1.98. The van der Waals surface area contributed by atoms with E-state index in [1.807, 2.05) is 50.3 Å². The summed E-state index contributed by atoms with van der Waals surface area (Å²) in [5.74, 6) is 0. The Kier molecular flexibility index (Phi) is 7.60. The van der Waals surface area contributed by atoms with Crippen molar-refractivity contribution < 1.29 is 0 Å². The van der Waals surface area contributed by atoms with E-state index in [0.717, 1.165) is 23.4 Å². The van der Waals surface area contributed by atoms with Gasteiger partial charge >= 0.3 is 0 Å². The minimum atomic E-state index is 0.722. The van der Waals surface area contributed by atoms with Gasteiger partial charge in [-0.15, -0.1) is 6.58 Å². The summed E-state index contributed by atoms with van der Waals surface area (Å²) in [6, 6.07) is 0. The largest absolute Gasteiger partial charge is 0.381 e. The lowest BCUT2D eigenvalue weighted by atomic mass is 10.0. The summed E-state index contributed by atoms with van der Waals surface area (Å²) in [6.07, 6.45) is 11.6. The molecular formula is C15H21N. The first-order chi connectivity index (χ1) is 7.71. The van der Waals surface area contributed by atoms with E-state index in [-0.39, 0.29) is 0 Å². The van der Waals surface area contributed by atoms with Crippen molar-refractivity contribution in [2.75, 3.05) is 6.54 Å². The van der Waals surface area contributed by atoms with Crippen LogP contribution in [-0.2, 0) is 0 Å². The molecule has 0 saturated carbocycles. The Morgan fingerprint density at radius 1 is 1.12 bits per heavy atom. The van der Waals surface area contributed by atoms with Gasteiger partial charge in [0.25, 0.3) is 0 Å². The van der Waals surface area contributed by atoms with Crippen LogP contribution in [0.2, 0.25) is 0 Å². The lowest BCUT2D eigenvalue weighted by Crippen LogP contribution is -2.13. The first kappa shape index (κ1) is 14.2. The van der Waals surface area contributed by atoms with Gasteiger partial charge in [0.05, 0.1) is 0 Å². The Bertz CT molecular complexity index is 340. The molecule has 1 nitrogen and oxygen atoms in total. The molecule has 0 rings (SSSR count). The van der Waals surface area contributed by atoms with Gasteiger partial charge in [0.2, 0.25) is 0 Å². The zero-order valence-electron chi connectivity index (χ0n) is 10.3. The Hall–Kier alpha value is -1.76. The smallest absolute Gasteiger partial charge is 0.0418 e. The number of hydrogen-bond donors (Lipinski definition) is 1. The van der Waals surface area contributed by atoms with Crippen molar-refractivity contribution in [3.05, 3.63) is 73.0 Å². The van der Waals surface area contributed by atoms with Crippen molar-refractivity contribution in [2.45, 2.75) is 13.8 Å². The minimum Gasteiger partial charge on any atom is -0.381 e. The van der Waals surface area contributed by atoms with Gasteiger partial charge < -0.3 is 5.32 Å². The van der Waals surface area contributed by atoms with Crippen LogP contribution in [0, 0.1) is 0 Å². The van der Waals surface area contributed by atoms with Crippen molar-refractivity contribution in [1.82, 2.24) is 5.32 Å². The molecule has 0 fully saturated rings. The van der Waals surface area contributed by atoms with E-state index in [1.54, 1.807) is 0 Å². The molecule has 86 valence electrons. The Balaban J connectivity index is 5.21. The van der Waals surface area contributed by atoms with Gasteiger partial charge in [-0.25, -0.2) is 0 Å². The molecule has 0 aliphatic carbocycles. The summed E-state index contributed by atoms with van der Waals surface area (Å²) in [5.41, 5.74) is 2.97. The Labute approximate surface area is 99.3 Å². The summed E-state index contributed by atoms with van der Waals surface area (Å²) in [7, 11) is 0. The highest BCUT2D eigenvalue weighted by Crippen LogP contribution is 2.15. The van der Waals surface area contributed by atoms with Crippen LogP contribution < -0.4 is 5.32 Å². The second-order valence-electron chi connectivity index (χ2n) is 3.23. The van der Waals surface area contributed by atoms with E-state index in [1.165, 1.54) is 0 Å². The van der Waals surface area contributed by atoms with Crippen molar-refractivity contribution >= 4 is 0 Å². The molecule has 0 spiro atoms. The summed E-state index contributed by atoms with van der Waals surface area (Å²) < 4.78 is 0. The Morgan fingerprint density at radius 2 is 1.75 bits per heavy atom. The van der Waals surface area contributed by atoms with Gasteiger partial charge in [0.15, 0.2) is 0 Å². The van der Waals surface area contributed by atoms with Crippen LogP contribution >= 0.6 is 0 Å². The van der Waals surface area contributed by atoms with Crippen LogP contribution in [0.4, 0.5) is 0 Å². The maximum Gasteiger partial charge on any atom is 0.0418 e. The fourth-order valence-electron chi connectivity index (χ4n) is 1.30. The normalized spacial score (nSPS) is 12.6. The molecule has 0 radical (unpaired) electrons. The predicted molar refractivity (Wildman–Crippen MR) is 74.2 cm³/mol. The van der Waals surface area contributed by atoms with Crippen LogP contribution in [0.5, 0.6) is 0 Å². The van der Waals surface area contributed by atoms with E-state index in [4.69, 9.17) is 0 Å². The van der Waals surface area contributed by atoms with Crippen LogP contribution in [0.25, 0.3) is 0 Å². The van der Waals surface area contributed by atoms with Crippen LogP contribution in [0.15, 0.2) is 73.0 Å². The summed E-state index contributed by atoms with van der Waals surface area (Å²) >= 11 is 0. The average Bonchev–Trinajstić information content (AvgIpc) is 2.27. The van der Waals surface area contributed by atoms with E-state index >= 15 is 0 Å². The fraction of sp³-hybridized carbons (Fsp3) is 0.200. The number of allylic oxidation sites excluding steroid dienone is 7. The molecule has 0 heterocycles. The number of rotatable bonds is 7. The van der Waals surface area contributed by atoms with E-state index in [2.05, 4.69) is 25.1 Å². The van der Waals surface area contributed by atoms with E-state index < -0.39 is 0 Å². The highest BCUT2D eigenvalue weighted by atomic mass is 14.9. The fourth-order valence-corrected chi connectivity index (χ4v) is 1.30. The number of hydrogen-bond acceptors (Lipinski definition) is 1. The monoisotopic (exact) mass is 215 g/mol. The molecule has 0 aromatic heterocycles. The van der Waals surface area contributed by atoms with Crippen LogP contribution in [0.1, 0.15) is 13.8 Å². The summed E-state index contributed by atoms with van der Waals surface area (Å²) in [6.45, 7) is 16.2. The van der Waals surface area contributed by atoms with Crippen molar-refractivity contribution in [3.8, 4) is 0 Å². The molecule has 0 saturated heterocycles. The molecule has 16 heavy (non-hydrogen) atoms. The second kappa shape index (κ2) is 8.54. The van der Waals surface area contributed by atoms with E-state index in [0.29, 0.717) is 0 Å². The third-order valence-corrected chi connectivity index (χ3v) is 1.98. The molecule has 0 amide bonds. The van der Waals surface area contributed by atoms with Crippen molar-refractivity contribution in [1.29, 1.82) is 0 Å². The third kappa shape index (κ3) is 4.65. The lowest BCUT2D eigenvalue weighted by molar-refractivity contribution is 0.926. The SMILES string of the molecule is C=CCNC(/C=C\C)=C(/C=C)C(=C)/C=C\C. The molecule has 0 aromatic rings. The number of nitrogens with one attached hydrogen (secondary N) is 1. The van der Waals surface area contributed by atoms with Gasteiger partial charge in [-0.2, -0.15) is 0 Å². The zero-order chi connectivity index (χ0) is 12.4. The molecule has 0 aliphatic heterocycles. The van der Waals surface area contributed by atoms with Gasteiger partial charge in [0, 0.05) is 17.8 Å². The zero-order valence-corrected chi connectivity index (χ0v) is 10.3. The summed E-state index contributed by atoms with van der Waals surface area (Å²) in [4.78, 5) is 0. The predicted octanol–water partition coefficient (Wildman–Crippen LogP) is 3.91. The highest BCUT2D eigenvalue weighted by molar-refractivity contribution is 5.49. The van der Waals surface area contributed by atoms with Gasteiger partial charge in [-0.05, 0) is 25.5 Å². The average molecular weight is 215 g/mol. The van der Waals surface area contributed by atoms with Gasteiger partial charge in [0.1, 0.15) is 0 Å². The molecule has 0 atom stereocenters. The Morgan fingerprint density at radius 3 is 2.19 bits per heavy atom. The lowest BCUT2D eigenvalue weighted by Gasteiger charge is -2.11. The molecule has 0 aliphatic rings. The molecule has 1 N–H and O–H groups in total. The van der Waals surface area contributed by atoms with Crippen LogP contribution in [-0.4, -0.2) is 6.54 Å². The van der Waals surface area contributed by atoms with E-state index in [9.17, 15) is 0 Å². The topological polar surface area (TPSA) is 12.0 Å². The molecule has 0 bridgehead atoms. The first-order valence-corrected chi connectivity index (χ1v) is 5.37. The molecular weight excluding hydrogens is 194 g/mol. The molecule has 0 unspecified atom stereocenters. The highest BCUT2D eigenvalue weighted by Gasteiger charge is 2.01. The maximum atomic E-state index is 4.01. The van der Waals surface area contributed by atoms with Gasteiger partial charge in [-0.3, -0.25) is 0 Å². The van der Waals surface area contributed by atoms with Gasteiger partial charge in [-0.1, -0.05) is 43.5 Å². The maximum absolute atomic E-state index is 4.01. The van der Waals surface area contributed by atoms with Crippen LogP contribution in [0.3, 0.4) is 0 Å². The molecule has 1 heteroatoms. The van der Waals surface area contributed by atoms with Crippen molar-refractivity contribution in [2.24, 2.45) is 0 Å². The molecule has 0 aromatic carbocycles. The summed E-state index contributed by atoms with van der Waals surface area (Å²) in [5, 5.41) is 3.27. The standard InChI is InChI=1S/C15H21N/c1-6-10-13(5)14(9-4)15(11-7-2)16-12-8-3/h6-11,16H,3-5,12H2,1-2H3/b10-6-,11-7-,15-14-. The second-order valence-corrected chi connectivity index (χ2v) is 3.23. The van der Waals surface area contributed by atoms with Crippen molar-refractivity contribution in [3.63, 3.8) is 0 Å². The first-order valence-electron chi connectivity index (χ1n) is 5.37.